The lowest BCUT2D eigenvalue weighted by Gasteiger charge is -2.11. The summed E-state index contributed by atoms with van der Waals surface area (Å²) in [5.41, 5.74) is 0. The fourth-order valence-corrected chi connectivity index (χ4v) is 2.35. The Morgan fingerprint density at radius 2 is 2.22 bits per heavy atom. The topological polar surface area (TPSA) is 50.3 Å². The van der Waals surface area contributed by atoms with Crippen LogP contribution < -0.4 is 10.1 Å². The second-order valence-electron chi connectivity index (χ2n) is 4.25. The number of anilines is 1. The van der Waals surface area contributed by atoms with Crippen LogP contribution in [0.3, 0.4) is 0 Å². The lowest BCUT2D eigenvalue weighted by atomic mass is 10.4. The summed E-state index contributed by atoms with van der Waals surface area (Å²) in [7, 11) is 5.92. The van der Waals surface area contributed by atoms with Crippen molar-refractivity contribution in [3.05, 3.63) is 11.4 Å². The Labute approximate surface area is 111 Å². The second kappa shape index (κ2) is 5.97. The molecule has 2 aromatic heterocycles. The summed E-state index contributed by atoms with van der Waals surface area (Å²) in [5, 5.41) is 5.95. The van der Waals surface area contributed by atoms with Gasteiger partial charge < -0.3 is 15.0 Å². The molecule has 2 heterocycles. The highest BCUT2D eigenvalue weighted by Gasteiger charge is 2.09. The van der Waals surface area contributed by atoms with Crippen LogP contribution in [0.5, 0.6) is 5.88 Å². The monoisotopic (exact) mass is 266 g/mol. The molecule has 0 saturated heterocycles. The van der Waals surface area contributed by atoms with E-state index in [2.05, 4.69) is 34.3 Å². The van der Waals surface area contributed by atoms with Gasteiger partial charge in [-0.05, 0) is 32.0 Å². The number of nitrogens with one attached hydrogen (secondary N) is 1. The minimum atomic E-state index is 0.604. The van der Waals surface area contributed by atoms with Crippen molar-refractivity contribution in [1.29, 1.82) is 0 Å². The van der Waals surface area contributed by atoms with Gasteiger partial charge in [-0.25, -0.2) is 4.98 Å². The number of rotatable bonds is 6. The molecular formula is C12H18N4OS. The first-order chi connectivity index (χ1) is 8.70. The number of hydrogen-bond donors (Lipinski definition) is 1. The van der Waals surface area contributed by atoms with Crippen LogP contribution in [0.1, 0.15) is 6.42 Å². The van der Waals surface area contributed by atoms with Gasteiger partial charge in [-0.1, -0.05) is 0 Å². The van der Waals surface area contributed by atoms with Crippen LogP contribution in [-0.4, -0.2) is 49.2 Å². The fourth-order valence-electron chi connectivity index (χ4n) is 1.60. The summed E-state index contributed by atoms with van der Waals surface area (Å²) in [4.78, 5) is 11.8. The number of hydrogen-bond acceptors (Lipinski definition) is 6. The third-order valence-electron chi connectivity index (χ3n) is 2.50. The Bertz CT molecular complexity index is 512. The molecular weight excluding hydrogens is 248 g/mol. The zero-order chi connectivity index (χ0) is 13.0. The van der Waals surface area contributed by atoms with E-state index in [9.17, 15) is 0 Å². The van der Waals surface area contributed by atoms with E-state index in [1.54, 1.807) is 11.3 Å². The minimum Gasteiger partial charge on any atom is -0.477 e. The van der Waals surface area contributed by atoms with Crippen molar-refractivity contribution < 1.29 is 4.74 Å². The minimum absolute atomic E-state index is 0.604. The maximum Gasteiger partial charge on any atom is 0.227 e. The molecule has 5 nitrogen and oxygen atoms in total. The maximum absolute atomic E-state index is 5.76. The fraction of sp³-hybridized carbons (Fsp3) is 0.500. The van der Waals surface area contributed by atoms with Crippen molar-refractivity contribution in [2.24, 2.45) is 0 Å². The van der Waals surface area contributed by atoms with Crippen molar-refractivity contribution in [3.63, 3.8) is 0 Å². The highest BCUT2D eigenvalue weighted by atomic mass is 32.1. The van der Waals surface area contributed by atoms with E-state index in [1.807, 2.05) is 18.5 Å². The molecule has 0 bridgehead atoms. The molecule has 18 heavy (non-hydrogen) atoms. The molecule has 0 aromatic carbocycles. The van der Waals surface area contributed by atoms with E-state index in [4.69, 9.17) is 4.74 Å². The van der Waals surface area contributed by atoms with Crippen LogP contribution in [0.4, 0.5) is 5.95 Å². The third-order valence-corrected chi connectivity index (χ3v) is 3.31. The molecule has 0 saturated carbocycles. The Balaban J connectivity index is 2.08. The third kappa shape index (κ3) is 3.08. The van der Waals surface area contributed by atoms with Crippen LogP contribution in [0, 0.1) is 0 Å². The van der Waals surface area contributed by atoms with E-state index in [1.165, 1.54) is 0 Å². The van der Waals surface area contributed by atoms with Gasteiger partial charge in [-0.3, -0.25) is 0 Å². The Hall–Kier alpha value is -1.40. The van der Waals surface area contributed by atoms with Crippen molar-refractivity contribution >= 4 is 27.5 Å². The normalized spacial score (nSPS) is 11.1. The number of aromatic nitrogens is 2. The average Bonchev–Trinajstić information content (AvgIpc) is 2.82. The van der Waals surface area contributed by atoms with Crippen LogP contribution in [-0.2, 0) is 0 Å². The number of ether oxygens (including phenoxy) is 1. The quantitative estimate of drug-likeness (QED) is 0.811. The first-order valence-corrected chi connectivity index (χ1v) is 6.79. The van der Waals surface area contributed by atoms with Gasteiger partial charge in [0.25, 0.3) is 0 Å². The zero-order valence-electron chi connectivity index (χ0n) is 10.9. The predicted molar refractivity (Wildman–Crippen MR) is 75.6 cm³/mol. The van der Waals surface area contributed by atoms with Crippen LogP contribution >= 0.6 is 11.3 Å². The Morgan fingerprint density at radius 3 is 2.94 bits per heavy atom. The lowest BCUT2D eigenvalue weighted by Crippen LogP contribution is -2.15. The summed E-state index contributed by atoms with van der Waals surface area (Å²) < 4.78 is 5.76. The molecule has 0 amide bonds. The summed E-state index contributed by atoms with van der Waals surface area (Å²) >= 11 is 1.60. The first-order valence-electron chi connectivity index (χ1n) is 5.91. The second-order valence-corrected chi connectivity index (χ2v) is 5.14. The first kappa shape index (κ1) is 13.0. The van der Waals surface area contributed by atoms with Crippen LogP contribution in [0.15, 0.2) is 11.4 Å². The smallest absolute Gasteiger partial charge is 0.227 e. The van der Waals surface area contributed by atoms with E-state index < -0.39 is 0 Å². The average molecular weight is 266 g/mol. The molecule has 0 aliphatic heterocycles. The molecule has 0 aliphatic rings. The lowest BCUT2D eigenvalue weighted by molar-refractivity contribution is 0.276. The summed E-state index contributed by atoms with van der Waals surface area (Å²) in [6.45, 7) is 1.68. The van der Waals surface area contributed by atoms with Gasteiger partial charge in [-0.2, -0.15) is 4.98 Å². The Kier molecular flexibility index (Phi) is 4.33. The molecule has 0 aliphatic carbocycles. The predicted octanol–water partition coefficient (Wildman–Crippen LogP) is 2.06. The van der Waals surface area contributed by atoms with E-state index in [0.717, 1.165) is 23.2 Å². The van der Waals surface area contributed by atoms with Gasteiger partial charge >= 0.3 is 0 Å². The van der Waals surface area contributed by atoms with E-state index in [0.29, 0.717) is 18.4 Å². The van der Waals surface area contributed by atoms with Gasteiger partial charge in [-0.15, -0.1) is 11.3 Å². The summed E-state index contributed by atoms with van der Waals surface area (Å²) in [6, 6.07) is 2.00. The van der Waals surface area contributed by atoms with Gasteiger partial charge in [0.15, 0.2) is 0 Å². The van der Waals surface area contributed by atoms with E-state index >= 15 is 0 Å². The van der Waals surface area contributed by atoms with Crippen LogP contribution in [0.2, 0.25) is 0 Å². The number of fused-ring (bicyclic) bond motifs is 1. The molecule has 0 radical (unpaired) electrons. The summed E-state index contributed by atoms with van der Waals surface area (Å²) in [5.74, 6) is 1.27. The Morgan fingerprint density at radius 1 is 1.39 bits per heavy atom. The van der Waals surface area contributed by atoms with Gasteiger partial charge in [0.2, 0.25) is 11.8 Å². The van der Waals surface area contributed by atoms with Crippen molar-refractivity contribution in [2.45, 2.75) is 6.42 Å². The molecule has 2 aromatic rings. The van der Waals surface area contributed by atoms with Gasteiger partial charge in [0.05, 0.1) is 12.0 Å². The molecule has 6 heteroatoms. The van der Waals surface area contributed by atoms with Crippen molar-refractivity contribution in [1.82, 2.24) is 14.9 Å². The molecule has 98 valence electrons. The zero-order valence-corrected chi connectivity index (χ0v) is 11.8. The number of thiophene rings is 1. The van der Waals surface area contributed by atoms with Crippen LogP contribution in [0.25, 0.3) is 10.2 Å². The SMILES string of the molecule is CNc1nc(OCCCN(C)C)c2ccsc2n1. The maximum atomic E-state index is 5.76. The highest BCUT2D eigenvalue weighted by Crippen LogP contribution is 2.27. The molecule has 2 rings (SSSR count). The van der Waals surface area contributed by atoms with Gasteiger partial charge in [0, 0.05) is 13.6 Å². The molecule has 1 N–H and O–H groups in total. The molecule has 0 spiro atoms. The van der Waals surface area contributed by atoms with Gasteiger partial charge in [0.1, 0.15) is 4.83 Å². The van der Waals surface area contributed by atoms with Crippen molar-refractivity contribution in [2.75, 3.05) is 39.6 Å². The largest absolute Gasteiger partial charge is 0.477 e. The molecule has 0 unspecified atom stereocenters. The summed E-state index contributed by atoms with van der Waals surface area (Å²) in [6.07, 6.45) is 0.984. The highest BCUT2D eigenvalue weighted by molar-refractivity contribution is 7.16. The van der Waals surface area contributed by atoms with Crippen molar-refractivity contribution in [3.8, 4) is 5.88 Å². The standard InChI is InChI=1S/C12H18N4OS/c1-13-12-14-10(17-7-4-6-16(2)3)9-5-8-18-11(9)15-12/h5,8H,4,6-7H2,1-3H3,(H,13,14,15). The molecule has 0 atom stereocenters. The van der Waals surface area contributed by atoms with E-state index in [-0.39, 0.29) is 0 Å². The molecule has 0 fully saturated rings. The number of nitrogens with zero attached hydrogens (tertiary/aromatic N) is 3.